The Morgan fingerprint density at radius 3 is 2.47 bits per heavy atom. The highest BCUT2D eigenvalue weighted by molar-refractivity contribution is 6.11. The van der Waals surface area contributed by atoms with E-state index < -0.39 is 5.92 Å². The van der Waals surface area contributed by atoms with Crippen LogP contribution in [0.1, 0.15) is 27.9 Å². The molecule has 1 fully saturated rings. The summed E-state index contributed by atoms with van der Waals surface area (Å²) in [4.78, 5) is 23.9. The number of aryl methyl sites for hydroxylation is 2. The van der Waals surface area contributed by atoms with Crippen molar-refractivity contribution in [2.45, 2.75) is 20.3 Å². The molecule has 0 amide bonds. The van der Waals surface area contributed by atoms with E-state index in [4.69, 9.17) is 4.74 Å². The Hall–Kier alpha value is -1.48. The van der Waals surface area contributed by atoms with Crippen molar-refractivity contribution in [1.29, 1.82) is 0 Å². The molecule has 0 radical (unpaired) electrons. The molecule has 1 aromatic rings. The summed E-state index contributed by atoms with van der Waals surface area (Å²) in [7, 11) is 0. The fraction of sp³-hybridized carbons (Fsp3) is 0.429. The molecule has 0 N–H and O–H groups in total. The van der Waals surface area contributed by atoms with Gasteiger partial charge >= 0.3 is 0 Å². The number of ketones is 2. The van der Waals surface area contributed by atoms with Gasteiger partial charge < -0.3 is 4.74 Å². The van der Waals surface area contributed by atoms with Crippen LogP contribution in [-0.2, 0) is 9.53 Å². The third kappa shape index (κ3) is 2.61. The Labute approximate surface area is 101 Å². The summed E-state index contributed by atoms with van der Waals surface area (Å²) in [5, 5.41) is 0. The Morgan fingerprint density at radius 2 is 1.88 bits per heavy atom. The largest absolute Gasteiger partial charge is 0.380 e. The first-order chi connectivity index (χ1) is 8.08. The van der Waals surface area contributed by atoms with Crippen molar-refractivity contribution < 1.29 is 14.3 Å². The second kappa shape index (κ2) is 4.80. The molecule has 1 aromatic carbocycles. The third-order valence-corrected chi connectivity index (χ3v) is 2.99. The number of rotatable bonds is 2. The molecule has 2 rings (SSSR count). The number of ether oxygens (including phenoxy) is 1. The topological polar surface area (TPSA) is 43.4 Å². The average molecular weight is 232 g/mol. The molecule has 1 heterocycles. The molecule has 0 aliphatic carbocycles. The van der Waals surface area contributed by atoms with Gasteiger partial charge in [0.25, 0.3) is 0 Å². The van der Waals surface area contributed by atoms with Gasteiger partial charge in [0.2, 0.25) is 0 Å². The number of hydrogen-bond acceptors (Lipinski definition) is 3. The minimum atomic E-state index is -0.607. The third-order valence-electron chi connectivity index (χ3n) is 2.99. The smallest absolute Gasteiger partial charge is 0.175 e. The summed E-state index contributed by atoms with van der Waals surface area (Å²) < 4.78 is 5.21. The number of benzene rings is 1. The van der Waals surface area contributed by atoms with Gasteiger partial charge in [-0.25, -0.2) is 0 Å². The molecular weight excluding hydrogens is 216 g/mol. The van der Waals surface area contributed by atoms with Gasteiger partial charge in [-0.15, -0.1) is 0 Å². The van der Waals surface area contributed by atoms with E-state index in [-0.39, 0.29) is 18.2 Å². The first kappa shape index (κ1) is 12.0. The SMILES string of the molecule is Cc1cc(C)cc(C(=O)C2COCCC2=O)c1. The van der Waals surface area contributed by atoms with Crippen LogP contribution in [0.5, 0.6) is 0 Å². The maximum atomic E-state index is 12.2. The molecule has 1 atom stereocenters. The maximum Gasteiger partial charge on any atom is 0.175 e. The van der Waals surface area contributed by atoms with Gasteiger partial charge in [-0.2, -0.15) is 0 Å². The Kier molecular flexibility index (Phi) is 3.38. The van der Waals surface area contributed by atoms with E-state index in [0.29, 0.717) is 18.6 Å². The zero-order valence-corrected chi connectivity index (χ0v) is 10.2. The van der Waals surface area contributed by atoms with Gasteiger partial charge in [0, 0.05) is 12.0 Å². The normalized spacial score (nSPS) is 20.4. The summed E-state index contributed by atoms with van der Waals surface area (Å²) in [6.07, 6.45) is 0.348. The second-order valence-electron chi connectivity index (χ2n) is 4.58. The Morgan fingerprint density at radius 1 is 1.24 bits per heavy atom. The lowest BCUT2D eigenvalue weighted by Crippen LogP contribution is -2.34. The number of hydrogen-bond donors (Lipinski definition) is 0. The molecule has 0 spiro atoms. The van der Waals surface area contributed by atoms with Crippen molar-refractivity contribution in [3.8, 4) is 0 Å². The fourth-order valence-corrected chi connectivity index (χ4v) is 2.18. The molecular formula is C14H16O3. The molecule has 17 heavy (non-hydrogen) atoms. The van der Waals surface area contributed by atoms with E-state index in [1.54, 1.807) is 0 Å². The molecule has 0 bridgehead atoms. The summed E-state index contributed by atoms with van der Waals surface area (Å²) in [6.45, 7) is 4.56. The monoisotopic (exact) mass is 232 g/mol. The lowest BCUT2D eigenvalue weighted by atomic mass is 9.90. The molecule has 3 nitrogen and oxygen atoms in total. The van der Waals surface area contributed by atoms with E-state index >= 15 is 0 Å². The lowest BCUT2D eigenvalue weighted by Gasteiger charge is -2.20. The van der Waals surface area contributed by atoms with E-state index in [2.05, 4.69) is 0 Å². The van der Waals surface area contributed by atoms with Crippen LogP contribution in [0.15, 0.2) is 18.2 Å². The van der Waals surface area contributed by atoms with Crippen LogP contribution in [0.25, 0.3) is 0 Å². The summed E-state index contributed by atoms with van der Waals surface area (Å²) in [5.74, 6) is -0.716. The van der Waals surface area contributed by atoms with Crippen LogP contribution in [0.4, 0.5) is 0 Å². The van der Waals surface area contributed by atoms with Crippen molar-refractivity contribution in [3.63, 3.8) is 0 Å². The predicted molar refractivity (Wildman–Crippen MR) is 64.2 cm³/mol. The molecule has 1 saturated heterocycles. The van der Waals surface area contributed by atoms with Crippen LogP contribution in [0.2, 0.25) is 0 Å². The zero-order chi connectivity index (χ0) is 12.4. The van der Waals surface area contributed by atoms with Gasteiger partial charge in [-0.1, -0.05) is 17.2 Å². The average Bonchev–Trinajstić information content (AvgIpc) is 2.27. The van der Waals surface area contributed by atoms with Gasteiger partial charge in [0.1, 0.15) is 11.7 Å². The Bertz CT molecular complexity index is 442. The zero-order valence-electron chi connectivity index (χ0n) is 10.2. The summed E-state index contributed by atoms with van der Waals surface area (Å²) in [5.41, 5.74) is 2.70. The van der Waals surface area contributed by atoms with E-state index in [0.717, 1.165) is 11.1 Å². The molecule has 0 aromatic heterocycles. The molecule has 3 heteroatoms. The van der Waals surface area contributed by atoms with E-state index in [1.807, 2.05) is 32.0 Å². The van der Waals surface area contributed by atoms with Crippen LogP contribution >= 0.6 is 0 Å². The van der Waals surface area contributed by atoms with E-state index in [1.165, 1.54) is 0 Å². The quantitative estimate of drug-likeness (QED) is 0.579. The van der Waals surface area contributed by atoms with Crippen molar-refractivity contribution in [1.82, 2.24) is 0 Å². The predicted octanol–water partition coefficient (Wildman–Crippen LogP) is 2.09. The number of carbonyl (C=O) groups excluding carboxylic acids is 2. The molecule has 1 unspecified atom stereocenters. The minimum Gasteiger partial charge on any atom is -0.380 e. The first-order valence-corrected chi connectivity index (χ1v) is 5.81. The van der Waals surface area contributed by atoms with Gasteiger partial charge in [0.15, 0.2) is 5.78 Å². The van der Waals surface area contributed by atoms with Gasteiger partial charge in [-0.3, -0.25) is 9.59 Å². The highest BCUT2D eigenvalue weighted by atomic mass is 16.5. The summed E-state index contributed by atoms with van der Waals surface area (Å²) >= 11 is 0. The summed E-state index contributed by atoms with van der Waals surface area (Å²) in [6, 6.07) is 5.67. The van der Waals surface area contributed by atoms with Gasteiger partial charge in [-0.05, 0) is 26.0 Å². The minimum absolute atomic E-state index is 0.000379. The Balaban J connectivity index is 2.26. The first-order valence-electron chi connectivity index (χ1n) is 5.81. The lowest BCUT2D eigenvalue weighted by molar-refractivity contribution is -0.128. The van der Waals surface area contributed by atoms with Crippen LogP contribution < -0.4 is 0 Å². The van der Waals surface area contributed by atoms with Crippen molar-refractivity contribution in [2.75, 3.05) is 13.2 Å². The van der Waals surface area contributed by atoms with Crippen LogP contribution in [0.3, 0.4) is 0 Å². The maximum absolute atomic E-state index is 12.2. The number of Topliss-reactive ketones (excluding diaryl/α,β-unsaturated/α-hetero) is 2. The van der Waals surface area contributed by atoms with E-state index in [9.17, 15) is 9.59 Å². The van der Waals surface area contributed by atoms with Gasteiger partial charge in [0.05, 0.1) is 13.2 Å². The fourth-order valence-electron chi connectivity index (χ4n) is 2.18. The highest BCUT2D eigenvalue weighted by Crippen LogP contribution is 2.18. The molecule has 1 aliphatic rings. The molecule has 1 aliphatic heterocycles. The molecule has 0 saturated carbocycles. The van der Waals surface area contributed by atoms with Crippen LogP contribution in [-0.4, -0.2) is 24.8 Å². The van der Waals surface area contributed by atoms with Crippen molar-refractivity contribution in [3.05, 3.63) is 34.9 Å². The van der Waals surface area contributed by atoms with Crippen molar-refractivity contribution >= 4 is 11.6 Å². The standard InChI is InChI=1S/C14H16O3/c1-9-5-10(2)7-11(6-9)14(16)12-8-17-4-3-13(12)15/h5-7,12H,3-4,8H2,1-2H3. The van der Waals surface area contributed by atoms with Crippen molar-refractivity contribution in [2.24, 2.45) is 5.92 Å². The van der Waals surface area contributed by atoms with Crippen LogP contribution in [0, 0.1) is 19.8 Å². The number of carbonyl (C=O) groups is 2. The second-order valence-corrected chi connectivity index (χ2v) is 4.58. The molecule has 90 valence electrons. The highest BCUT2D eigenvalue weighted by Gasteiger charge is 2.30.